The average molecular weight is 193 g/mol. The van der Waals surface area contributed by atoms with Gasteiger partial charge in [0.15, 0.2) is 0 Å². The highest BCUT2D eigenvalue weighted by Crippen LogP contribution is 1.99. The largest absolute Gasteiger partial charge is 0.461 e. The third-order valence-electron chi connectivity index (χ3n) is 1.86. The molecule has 3 nitrogen and oxygen atoms in total. The van der Waals surface area contributed by atoms with Crippen LogP contribution in [0, 0.1) is 0 Å². The number of ether oxygens (including phenoxy) is 1. The van der Waals surface area contributed by atoms with E-state index in [4.69, 9.17) is 4.74 Å². The predicted octanol–water partition coefficient (Wildman–Crippen LogP) is 2.43. The number of unbranched alkanes of at least 4 members (excludes halogenated alkanes) is 2. The molecule has 0 atom stereocenters. The number of carbonyl (C=O) groups is 1. The maximum atomic E-state index is 11.3. The van der Waals surface area contributed by atoms with E-state index in [1.54, 1.807) is 24.4 Å². The first-order valence-corrected chi connectivity index (χ1v) is 4.92. The zero-order valence-corrected chi connectivity index (χ0v) is 8.40. The van der Waals surface area contributed by atoms with Crippen molar-refractivity contribution in [2.45, 2.75) is 26.2 Å². The third-order valence-corrected chi connectivity index (χ3v) is 1.86. The van der Waals surface area contributed by atoms with E-state index in [9.17, 15) is 4.79 Å². The third kappa shape index (κ3) is 3.56. The van der Waals surface area contributed by atoms with Crippen LogP contribution < -0.4 is 0 Å². The van der Waals surface area contributed by atoms with Crippen molar-refractivity contribution in [1.82, 2.24) is 4.98 Å². The van der Waals surface area contributed by atoms with Gasteiger partial charge in [0, 0.05) is 6.20 Å². The van der Waals surface area contributed by atoms with Gasteiger partial charge in [-0.2, -0.15) is 0 Å². The maximum Gasteiger partial charge on any atom is 0.356 e. The molecule has 0 saturated carbocycles. The van der Waals surface area contributed by atoms with Gasteiger partial charge in [0.2, 0.25) is 0 Å². The van der Waals surface area contributed by atoms with E-state index in [1.165, 1.54) is 0 Å². The van der Waals surface area contributed by atoms with Crippen molar-refractivity contribution in [1.29, 1.82) is 0 Å². The Balaban J connectivity index is 2.29. The van der Waals surface area contributed by atoms with Gasteiger partial charge in [-0.25, -0.2) is 9.78 Å². The Morgan fingerprint density at radius 2 is 2.29 bits per heavy atom. The summed E-state index contributed by atoms with van der Waals surface area (Å²) in [7, 11) is 0. The molecule has 3 heteroatoms. The number of esters is 1. The first-order valence-electron chi connectivity index (χ1n) is 4.92. The van der Waals surface area contributed by atoms with Crippen LogP contribution in [0.2, 0.25) is 0 Å². The van der Waals surface area contributed by atoms with Crippen molar-refractivity contribution in [3.8, 4) is 0 Å². The average Bonchev–Trinajstić information content (AvgIpc) is 2.25. The zero-order valence-electron chi connectivity index (χ0n) is 8.40. The highest BCUT2D eigenvalue weighted by Gasteiger charge is 2.06. The Morgan fingerprint density at radius 3 is 2.93 bits per heavy atom. The van der Waals surface area contributed by atoms with Gasteiger partial charge in [0.1, 0.15) is 5.69 Å². The molecular formula is C11H15NO2. The summed E-state index contributed by atoms with van der Waals surface area (Å²) in [6.07, 6.45) is 4.73. The molecule has 0 fully saturated rings. The van der Waals surface area contributed by atoms with Crippen molar-refractivity contribution in [2.24, 2.45) is 0 Å². The highest BCUT2D eigenvalue weighted by atomic mass is 16.5. The number of hydrogen-bond donors (Lipinski definition) is 0. The van der Waals surface area contributed by atoms with Crippen LogP contribution in [0.4, 0.5) is 0 Å². The van der Waals surface area contributed by atoms with Crippen LogP contribution in [-0.2, 0) is 4.74 Å². The van der Waals surface area contributed by atoms with Gasteiger partial charge in [-0.15, -0.1) is 0 Å². The van der Waals surface area contributed by atoms with Crippen LogP contribution in [0.25, 0.3) is 0 Å². The van der Waals surface area contributed by atoms with E-state index in [2.05, 4.69) is 11.9 Å². The lowest BCUT2D eigenvalue weighted by Crippen LogP contribution is -2.07. The fourth-order valence-electron chi connectivity index (χ4n) is 1.07. The number of aromatic nitrogens is 1. The molecule has 0 aromatic carbocycles. The molecular weight excluding hydrogens is 178 g/mol. The van der Waals surface area contributed by atoms with E-state index in [0.717, 1.165) is 19.3 Å². The molecule has 1 rings (SSSR count). The van der Waals surface area contributed by atoms with Crippen LogP contribution in [0.15, 0.2) is 24.4 Å². The first kappa shape index (κ1) is 10.7. The zero-order chi connectivity index (χ0) is 10.2. The second-order valence-corrected chi connectivity index (χ2v) is 3.06. The van der Waals surface area contributed by atoms with Gasteiger partial charge < -0.3 is 4.74 Å². The monoisotopic (exact) mass is 193 g/mol. The minimum Gasteiger partial charge on any atom is -0.461 e. The van der Waals surface area contributed by atoms with Crippen LogP contribution in [0.1, 0.15) is 36.7 Å². The van der Waals surface area contributed by atoms with Gasteiger partial charge >= 0.3 is 5.97 Å². The van der Waals surface area contributed by atoms with Gasteiger partial charge in [0.25, 0.3) is 0 Å². The molecule has 1 heterocycles. The molecule has 0 aliphatic carbocycles. The molecule has 14 heavy (non-hydrogen) atoms. The predicted molar refractivity (Wildman–Crippen MR) is 54.0 cm³/mol. The van der Waals surface area contributed by atoms with E-state index in [-0.39, 0.29) is 5.97 Å². The summed E-state index contributed by atoms with van der Waals surface area (Å²) in [5.41, 5.74) is 0.379. The number of carbonyl (C=O) groups excluding carboxylic acids is 1. The lowest BCUT2D eigenvalue weighted by atomic mass is 10.3. The molecule has 0 bridgehead atoms. The molecule has 0 N–H and O–H groups in total. The summed E-state index contributed by atoms with van der Waals surface area (Å²) in [5, 5.41) is 0. The molecule has 0 amide bonds. The van der Waals surface area contributed by atoms with Crippen molar-refractivity contribution >= 4 is 5.97 Å². The molecule has 0 aliphatic rings. The molecule has 0 saturated heterocycles. The molecule has 1 aromatic heterocycles. The normalized spacial score (nSPS) is 9.79. The van der Waals surface area contributed by atoms with Gasteiger partial charge in [-0.3, -0.25) is 0 Å². The highest BCUT2D eigenvalue weighted by molar-refractivity contribution is 5.87. The Kier molecular flexibility index (Phi) is 4.69. The lowest BCUT2D eigenvalue weighted by Gasteiger charge is -2.02. The Labute approximate surface area is 84.1 Å². The topological polar surface area (TPSA) is 39.2 Å². The first-order chi connectivity index (χ1) is 6.84. The summed E-state index contributed by atoms with van der Waals surface area (Å²) in [6, 6.07) is 5.20. The van der Waals surface area contributed by atoms with Crippen molar-refractivity contribution in [3.05, 3.63) is 30.1 Å². The number of hydrogen-bond acceptors (Lipinski definition) is 3. The summed E-state index contributed by atoms with van der Waals surface area (Å²) in [4.78, 5) is 15.2. The summed E-state index contributed by atoms with van der Waals surface area (Å²) in [6.45, 7) is 2.60. The van der Waals surface area contributed by atoms with Gasteiger partial charge in [-0.05, 0) is 18.6 Å². The molecule has 76 valence electrons. The van der Waals surface area contributed by atoms with Crippen molar-refractivity contribution in [3.63, 3.8) is 0 Å². The molecule has 0 radical (unpaired) electrons. The molecule has 0 unspecified atom stereocenters. The number of rotatable bonds is 5. The van der Waals surface area contributed by atoms with Gasteiger partial charge in [-0.1, -0.05) is 25.8 Å². The quantitative estimate of drug-likeness (QED) is 0.532. The van der Waals surface area contributed by atoms with Gasteiger partial charge in [0.05, 0.1) is 6.61 Å². The fourth-order valence-corrected chi connectivity index (χ4v) is 1.07. The number of pyridine rings is 1. The minimum absolute atomic E-state index is 0.332. The van der Waals surface area contributed by atoms with E-state index < -0.39 is 0 Å². The number of nitrogens with zero attached hydrogens (tertiary/aromatic N) is 1. The Morgan fingerprint density at radius 1 is 1.43 bits per heavy atom. The second kappa shape index (κ2) is 6.13. The lowest BCUT2D eigenvalue weighted by molar-refractivity contribution is 0.0491. The van der Waals surface area contributed by atoms with Crippen LogP contribution in [0.3, 0.4) is 0 Å². The van der Waals surface area contributed by atoms with E-state index in [0.29, 0.717) is 12.3 Å². The molecule has 0 spiro atoms. The van der Waals surface area contributed by atoms with Crippen molar-refractivity contribution in [2.75, 3.05) is 6.61 Å². The van der Waals surface area contributed by atoms with Crippen molar-refractivity contribution < 1.29 is 9.53 Å². The van der Waals surface area contributed by atoms with Crippen LogP contribution >= 0.6 is 0 Å². The standard InChI is InChI=1S/C11H15NO2/c1-2-3-6-9-14-11(13)10-7-4-5-8-12-10/h4-5,7-8H,2-3,6,9H2,1H3. The summed E-state index contributed by atoms with van der Waals surface area (Å²) in [5.74, 6) is -0.332. The summed E-state index contributed by atoms with van der Waals surface area (Å²) < 4.78 is 5.03. The SMILES string of the molecule is CCCCCOC(=O)c1ccccn1. The minimum atomic E-state index is -0.332. The van der Waals surface area contributed by atoms with Crippen LogP contribution in [-0.4, -0.2) is 17.6 Å². The van der Waals surface area contributed by atoms with Crippen LogP contribution in [0.5, 0.6) is 0 Å². The Bertz CT molecular complexity index is 272. The second-order valence-electron chi connectivity index (χ2n) is 3.06. The maximum absolute atomic E-state index is 11.3. The fraction of sp³-hybridized carbons (Fsp3) is 0.455. The summed E-state index contributed by atoms with van der Waals surface area (Å²) >= 11 is 0. The molecule has 1 aromatic rings. The Hall–Kier alpha value is -1.38. The smallest absolute Gasteiger partial charge is 0.356 e. The van der Waals surface area contributed by atoms with E-state index in [1.807, 2.05) is 0 Å². The van der Waals surface area contributed by atoms with E-state index >= 15 is 0 Å². The molecule has 0 aliphatic heterocycles.